The lowest BCUT2D eigenvalue weighted by Gasteiger charge is -2.37. The van der Waals surface area contributed by atoms with Crippen LogP contribution in [0.3, 0.4) is 0 Å². The molecule has 0 amide bonds. The van der Waals surface area contributed by atoms with E-state index in [1.165, 1.54) is 29.2 Å². The van der Waals surface area contributed by atoms with Crippen LogP contribution in [0.1, 0.15) is 29.3 Å². The Balaban J connectivity index is 1.40. The minimum Gasteiger partial charge on any atom is -0.358 e. The fraction of sp³-hybridized carbons (Fsp3) is 0.194. The maximum absolute atomic E-state index is 13.1. The highest BCUT2D eigenvalue weighted by molar-refractivity contribution is 7.85. The molecule has 0 aliphatic carbocycles. The summed E-state index contributed by atoms with van der Waals surface area (Å²) in [6.45, 7) is -0.114. The van der Waals surface area contributed by atoms with Crippen LogP contribution in [0, 0.1) is 0 Å². The number of rotatable bonds is 10. The number of benzene rings is 3. The zero-order chi connectivity index (χ0) is 29.9. The Hall–Kier alpha value is -4.62. The average molecular weight is 601 g/mol. The van der Waals surface area contributed by atoms with E-state index in [4.69, 9.17) is 13.7 Å². The van der Waals surface area contributed by atoms with Crippen LogP contribution in [0.25, 0.3) is 0 Å². The molecular weight excluding hydrogens is 572 g/mol. The molecular formula is C31H28N4O7S. The number of nitrogens with one attached hydrogen (secondary N) is 1. The summed E-state index contributed by atoms with van der Waals surface area (Å²) in [5, 5.41) is 0. The van der Waals surface area contributed by atoms with Gasteiger partial charge in [-0.1, -0.05) is 91.0 Å². The van der Waals surface area contributed by atoms with Crippen LogP contribution < -0.4 is 11.2 Å². The Labute approximate surface area is 247 Å². The lowest BCUT2D eigenvalue weighted by molar-refractivity contribution is -0.0912. The van der Waals surface area contributed by atoms with E-state index < -0.39 is 45.6 Å². The standard InChI is InChI=1S/C31H28N4O7S/c36-28-16-18-35(30(37)33-28)29-20-26(42-43(38,39)34-19-17-32-22-34)27(41-29)21-40-31(23-10-4-1-5-11-23,24-12-6-2-7-13-24)25-14-8-3-9-15-25/h1-19,22,26-27,29H,20-21H2,(H,33,36,37)/t26-,27+,29+/m0/s1. The summed E-state index contributed by atoms with van der Waals surface area (Å²) >= 11 is 0. The highest BCUT2D eigenvalue weighted by Gasteiger charge is 2.44. The minimum absolute atomic E-state index is 0.0110. The maximum Gasteiger partial charge on any atom is 0.367 e. The third-order valence-electron chi connectivity index (χ3n) is 7.33. The number of imidazole rings is 1. The van der Waals surface area contributed by atoms with Crippen molar-refractivity contribution < 1.29 is 22.1 Å². The van der Waals surface area contributed by atoms with E-state index in [1.54, 1.807) is 0 Å². The molecule has 0 bridgehead atoms. The SMILES string of the molecule is O=c1ccn([C@H]2C[C@H](OS(=O)(=O)n3ccnc3)[C@@H](COC(c3ccccc3)(c3ccccc3)c3ccccc3)O2)c(=O)[nH]1. The third kappa shape index (κ3) is 5.73. The number of ether oxygens (including phenoxy) is 2. The molecule has 11 nitrogen and oxygen atoms in total. The molecule has 6 rings (SSSR count). The largest absolute Gasteiger partial charge is 0.367 e. The summed E-state index contributed by atoms with van der Waals surface area (Å²) in [7, 11) is -4.29. The molecule has 1 aliphatic heterocycles. The van der Waals surface area contributed by atoms with Gasteiger partial charge in [0.25, 0.3) is 5.56 Å². The molecule has 5 aromatic rings. The van der Waals surface area contributed by atoms with Gasteiger partial charge in [0.15, 0.2) is 0 Å². The summed E-state index contributed by atoms with van der Waals surface area (Å²) in [6.07, 6.45) is 2.08. The van der Waals surface area contributed by atoms with Crippen molar-refractivity contribution in [1.82, 2.24) is 18.5 Å². The van der Waals surface area contributed by atoms with E-state index in [0.29, 0.717) is 0 Å². The molecule has 0 unspecified atom stereocenters. The predicted octanol–water partition coefficient (Wildman–Crippen LogP) is 3.21. The van der Waals surface area contributed by atoms with Crippen LogP contribution >= 0.6 is 0 Å². The molecule has 1 N–H and O–H groups in total. The summed E-state index contributed by atoms with van der Waals surface area (Å²) in [6, 6.07) is 30.3. The molecule has 3 aromatic carbocycles. The van der Waals surface area contributed by atoms with E-state index >= 15 is 0 Å². The number of aromatic nitrogens is 4. The highest BCUT2D eigenvalue weighted by atomic mass is 32.2. The normalized spacial score (nSPS) is 18.9. The van der Waals surface area contributed by atoms with Crippen LogP contribution in [0.5, 0.6) is 0 Å². The van der Waals surface area contributed by atoms with Crippen molar-refractivity contribution in [3.8, 4) is 0 Å². The average Bonchev–Trinajstić information content (AvgIpc) is 3.71. The summed E-state index contributed by atoms with van der Waals surface area (Å²) in [5.74, 6) is 0. The Morgan fingerprint density at radius 2 is 1.44 bits per heavy atom. The zero-order valence-corrected chi connectivity index (χ0v) is 23.6. The van der Waals surface area contributed by atoms with E-state index in [0.717, 1.165) is 27.0 Å². The van der Waals surface area contributed by atoms with E-state index in [-0.39, 0.29) is 13.0 Å². The number of hydrogen-bond donors (Lipinski definition) is 1. The number of aromatic amines is 1. The van der Waals surface area contributed by atoms with E-state index in [9.17, 15) is 18.0 Å². The second-order valence-electron chi connectivity index (χ2n) is 9.96. The Bertz CT molecular complexity index is 1780. The van der Waals surface area contributed by atoms with Gasteiger partial charge in [0.2, 0.25) is 0 Å². The molecule has 0 saturated carbocycles. The second-order valence-corrected chi connectivity index (χ2v) is 11.4. The Kier molecular flexibility index (Phi) is 7.91. The molecule has 3 heterocycles. The maximum atomic E-state index is 13.1. The van der Waals surface area contributed by atoms with Crippen LogP contribution in [0.15, 0.2) is 132 Å². The molecule has 3 atom stereocenters. The van der Waals surface area contributed by atoms with Gasteiger partial charge in [-0.05, 0) is 16.7 Å². The van der Waals surface area contributed by atoms with Gasteiger partial charge in [0.1, 0.15) is 30.4 Å². The molecule has 0 spiro atoms. The van der Waals surface area contributed by atoms with Gasteiger partial charge >= 0.3 is 16.0 Å². The van der Waals surface area contributed by atoms with Crippen molar-refractivity contribution in [1.29, 1.82) is 0 Å². The van der Waals surface area contributed by atoms with Crippen molar-refractivity contribution in [3.05, 3.63) is 160 Å². The van der Waals surface area contributed by atoms with Gasteiger partial charge in [-0.2, -0.15) is 8.42 Å². The highest BCUT2D eigenvalue weighted by Crippen LogP contribution is 2.42. The molecule has 220 valence electrons. The zero-order valence-electron chi connectivity index (χ0n) is 22.8. The second kappa shape index (κ2) is 11.9. The Morgan fingerprint density at radius 1 is 0.860 bits per heavy atom. The van der Waals surface area contributed by atoms with Crippen molar-refractivity contribution in [3.63, 3.8) is 0 Å². The fourth-order valence-electron chi connectivity index (χ4n) is 5.34. The van der Waals surface area contributed by atoms with Crippen LogP contribution in [-0.2, 0) is 29.6 Å². The molecule has 1 saturated heterocycles. The van der Waals surface area contributed by atoms with Gasteiger partial charge in [-0.3, -0.25) is 14.3 Å². The van der Waals surface area contributed by atoms with Crippen molar-refractivity contribution in [2.75, 3.05) is 6.61 Å². The number of nitrogens with zero attached hydrogens (tertiary/aromatic N) is 3. The van der Waals surface area contributed by atoms with Crippen LogP contribution in [-0.4, -0.2) is 45.7 Å². The van der Waals surface area contributed by atoms with Gasteiger partial charge in [0, 0.05) is 31.1 Å². The lowest BCUT2D eigenvalue weighted by atomic mass is 9.80. The van der Waals surface area contributed by atoms with Gasteiger partial charge in [0.05, 0.1) is 6.61 Å². The van der Waals surface area contributed by atoms with Crippen LogP contribution in [0.2, 0.25) is 0 Å². The van der Waals surface area contributed by atoms with Gasteiger partial charge in [-0.15, -0.1) is 0 Å². The summed E-state index contributed by atoms with van der Waals surface area (Å²) < 4.78 is 47.0. The molecule has 12 heteroatoms. The van der Waals surface area contributed by atoms with E-state index in [2.05, 4.69) is 9.97 Å². The molecule has 0 radical (unpaired) electrons. The molecule has 1 aliphatic rings. The molecule has 2 aromatic heterocycles. The summed E-state index contributed by atoms with van der Waals surface area (Å²) in [4.78, 5) is 30.3. The molecule has 43 heavy (non-hydrogen) atoms. The fourth-order valence-corrected chi connectivity index (χ4v) is 6.32. The first kappa shape index (κ1) is 28.5. The first-order valence-electron chi connectivity index (χ1n) is 13.6. The number of hydrogen-bond acceptors (Lipinski definition) is 8. The van der Waals surface area contributed by atoms with Gasteiger partial charge < -0.3 is 9.47 Å². The first-order chi connectivity index (χ1) is 20.9. The predicted molar refractivity (Wildman–Crippen MR) is 156 cm³/mol. The quantitative estimate of drug-likeness (QED) is 0.242. The third-order valence-corrected chi connectivity index (χ3v) is 8.55. The van der Waals surface area contributed by atoms with Crippen molar-refractivity contribution in [2.24, 2.45) is 0 Å². The summed E-state index contributed by atoms with van der Waals surface area (Å²) in [5.41, 5.74) is 0.191. The topological polar surface area (TPSA) is 135 Å². The van der Waals surface area contributed by atoms with E-state index in [1.807, 2.05) is 91.0 Å². The molecule has 1 fully saturated rings. The van der Waals surface area contributed by atoms with Crippen molar-refractivity contribution in [2.45, 2.75) is 30.5 Å². The minimum atomic E-state index is -4.29. The number of H-pyrrole nitrogens is 1. The van der Waals surface area contributed by atoms with Gasteiger partial charge in [-0.25, -0.2) is 17.9 Å². The lowest BCUT2D eigenvalue weighted by Crippen LogP contribution is -2.39. The smallest absolute Gasteiger partial charge is 0.358 e. The van der Waals surface area contributed by atoms with Crippen molar-refractivity contribution >= 4 is 10.3 Å². The Morgan fingerprint density at radius 3 is 1.95 bits per heavy atom. The first-order valence-corrected chi connectivity index (χ1v) is 14.9. The monoisotopic (exact) mass is 600 g/mol. The van der Waals surface area contributed by atoms with Crippen LogP contribution in [0.4, 0.5) is 0 Å².